The average molecular weight is 247 g/mol. The van der Waals surface area contributed by atoms with Gasteiger partial charge in [-0.25, -0.2) is 9.78 Å². The first-order valence-corrected chi connectivity index (χ1v) is 4.71. The average Bonchev–Trinajstić information content (AvgIpc) is 2.29. The number of pyridine rings is 1. The van der Waals surface area contributed by atoms with Crippen LogP contribution in [0, 0.1) is 0 Å². The highest BCUT2D eigenvalue weighted by atomic mass is 35.5. The van der Waals surface area contributed by atoms with Gasteiger partial charge in [-0.05, 0) is 12.1 Å². The molecule has 7 heteroatoms. The third-order valence-electron chi connectivity index (χ3n) is 1.94. The number of hydrogen-bond donors (Lipinski definition) is 3. The highest BCUT2D eigenvalue weighted by Crippen LogP contribution is 2.21. The summed E-state index contributed by atoms with van der Waals surface area (Å²) >= 11 is 5.63. The van der Waals surface area contributed by atoms with Crippen molar-refractivity contribution in [3.05, 3.63) is 23.0 Å². The minimum absolute atomic E-state index is 0.00591. The second-order valence-electron chi connectivity index (χ2n) is 3.03. The van der Waals surface area contributed by atoms with Crippen LogP contribution in [0.1, 0.15) is 11.8 Å². The Morgan fingerprint density at radius 1 is 1.56 bits per heavy atom. The van der Waals surface area contributed by atoms with Gasteiger partial charge >= 0.3 is 5.97 Å². The molecule has 0 amide bonds. The SMILES string of the molecule is COC(=O)C(O)C(O)c1ccc(N)c(Cl)n1. The molecule has 0 aliphatic carbocycles. The molecule has 0 spiro atoms. The number of halogens is 1. The molecular weight excluding hydrogens is 236 g/mol. The van der Waals surface area contributed by atoms with Crippen molar-refractivity contribution in [3.8, 4) is 0 Å². The molecule has 1 aromatic rings. The quantitative estimate of drug-likeness (QED) is 0.507. The summed E-state index contributed by atoms with van der Waals surface area (Å²) in [6.07, 6.45) is -3.22. The topological polar surface area (TPSA) is 106 Å². The number of esters is 1. The van der Waals surface area contributed by atoms with Gasteiger partial charge in [-0.1, -0.05) is 11.6 Å². The number of hydrogen-bond acceptors (Lipinski definition) is 6. The minimum Gasteiger partial charge on any atom is -0.467 e. The molecule has 6 nitrogen and oxygen atoms in total. The number of nitrogens with zero attached hydrogens (tertiary/aromatic N) is 1. The predicted molar refractivity (Wildman–Crippen MR) is 56.6 cm³/mol. The second-order valence-corrected chi connectivity index (χ2v) is 3.39. The van der Waals surface area contributed by atoms with Crippen LogP contribution in [-0.4, -0.2) is 34.4 Å². The number of aliphatic hydroxyl groups is 2. The second kappa shape index (κ2) is 5.11. The zero-order valence-corrected chi connectivity index (χ0v) is 9.18. The highest BCUT2D eigenvalue weighted by molar-refractivity contribution is 6.31. The summed E-state index contributed by atoms with van der Waals surface area (Å²) < 4.78 is 4.27. The lowest BCUT2D eigenvalue weighted by Crippen LogP contribution is -2.29. The fraction of sp³-hybridized carbons (Fsp3) is 0.333. The first-order valence-electron chi connectivity index (χ1n) is 4.33. The molecule has 0 fully saturated rings. The summed E-state index contributed by atoms with van der Waals surface area (Å²) in [7, 11) is 1.10. The number of methoxy groups -OCH3 is 1. The van der Waals surface area contributed by atoms with Crippen LogP contribution in [0.25, 0.3) is 0 Å². The van der Waals surface area contributed by atoms with E-state index in [0.29, 0.717) is 0 Å². The first kappa shape index (κ1) is 12.7. The minimum atomic E-state index is -1.71. The maximum atomic E-state index is 11.0. The van der Waals surface area contributed by atoms with E-state index >= 15 is 0 Å². The van der Waals surface area contributed by atoms with Gasteiger partial charge in [0.2, 0.25) is 0 Å². The fourth-order valence-corrected chi connectivity index (χ4v) is 1.20. The Balaban J connectivity index is 2.91. The van der Waals surface area contributed by atoms with Gasteiger partial charge < -0.3 is 20.7 Å². The summed E-state index contributed by atoms with van der Waals surface area (Å²) in [6.45, 7) is 0. The molecule has 1 rings (SSSR count). The normalized spacial score (nSPS) is 14.2. The van der Waals surface area contributed by atoms with Crippen molar-refractivity contribution >= 4 is 23.3 Å². The Labute approximate surface area is 96.6 Å². The summed E-state index contributed by atoms with van der Waals surface area (Å²) in [5.41, 5.74) is 5.70. The summed E-state index contributed by atoms with van der Waals surface area (Å²) in [5.74, 6) is -0.956. The van der Waals surface area contributed by atoms with Gasteiger partial charge in [0.15, 0.2) is 11.3 Å². The van der Waals surface area contributed by atoms with Gasteiger partial charge in [-0.15, -0.1) is 0 Å². The van der Waals surface area contributed by atoms with Gasteiger partial charge in [0.1, 0.15) is 6.10 Å². The molecule has 4 N–H and O–H groups in total. The molecule has 0 saturated carbocycles. The standard InChI is InChI=1S/C9H11ClN2O4/c1-16-9(15)7(14)6(13)5-3-2-4(11)8(10)12-5/h2-3,6-7,13-14H,11H2,1H3. The van der Waals surface area contributed by atoms with Crippen LogP contribution in [0.4, 0.5) is 5.69 Å². The number of carbonyl (C=O) groups excluding carboxylic acids is 1. The van der Waals surface area contributed by atoms with Crippen molar-refractivity contribution in [2.24, 2.45) is 0 Å². The van der Waals surface area contributed by atoms with Crippen LogP contribution in [0.15, 0.2) is 12.1 Å². The number of rotatable bonds is 3. The molecule has 2 atom stereocenters. The maximum Gasteiger partial charge on any atom is 0.337 e. The number of nitrogen functional groups attached to an aromatic ring is 1. The van der Waals surface area contributed by atoms with Gasteiger partial charge in [0.05, 0.1) is 18.5 Å². The lowest BCUT2D eigenvalue weighted by Gasteiger charge is -2.15. The highest BCUT2D eigenvalue weighted by Gasteiger charge is 2.27. The Hall–Kier alpha value is -1.37. The molecular formula is C9H11ClN2O4. The van der Waals surface area contributed by atoms with Crippen LogP contribution >= 0.6 is 11.6 Å². The van der Waals surface area contributed by atoms with Crippen molar-refractivity contribution < 1.29 is 19.7 Å². The fourth-order valence-electron chi connectivity index (χ4n) is 1.04. The van der Waals surface area contributed by atoms with Gasteiger partial charge in [0.25, 0.3) is 0 Å². The number of anilines is 1. The molecule has 0 saturated heterocycles. The van der Waals surface area contributed by atoms with E-state index in [-0.39, 0.29) is 16.5 Å². The van der Waals surface area contributed by atoms with Crippen LogP contribution in [-0.2, 0) is 9.53 Å². The van der Waals surface area contributed by atoms with E-state index in [2.05, 4.69) is 9.72 Å². The van der Waals surface area contributed by atoms with Crippen LogP contribution in [0.5, 0.6) is 0 Å². The van der Waals surface area contributed by atoms with Crippen molar-refractivity contribution in [1.29, 1.82) is 0 Å². The molecule has 1 heterocycles. The molecule has 88 valence electrons. The van der Waals surface area contributed by atoms with Gasteiger partial charge in [-0.2, -0.15) is 0 Å². The van der Waals surface area contributed by atoms with E-state index in [1.54, 1.807) is 0 Å². The number of aromatic nitrogens is 1. The van der Waals surface area contributed by atoms with Crippen molar-refractivity contribution in [2.75, 3.05) is 12.8 Å². The van der Waals surface area contributed by atoms with E-state index in [9.17, 15) is 15.0 Å². The number of aliphatic hydroxyl groups excluding tert-OH is 2. The lowest BCUT2D eigenvalue weighted by atomic mass is 10.1. The zero-order valence-electron chi connectivity index (χ0n) is 8.42. The van der Waals surface area contributed by atoms with E-state index in [0.717, 1.165) is 7.11 Å². The molecule has 2 unspecified atom stereocenters. The van der Waals surface area contributed by atoms with Crippen molar-refractivity contribution in [1.82, 2.24) is 4.98 Å². The molecule has 16 heavy (non-hydrogen) atoms. The van der Waals surface area contributed by atoms with E-state index < -0.39 is 18.2 Å². The van der Waals surface area contributed by atoms with Crippen LogP contribution in [0.3, 0.4) is 0 Å². The Morgan fingerprint density at radius 3 is 2.69 bits per heavy atom. The zero-order chi connectivity index (χ0) is 12.3. The molecule has 0 aromatic carbocycles. The van der Waals surface area contributed by atoms with Crippen molar-refractivity contribution in [3.63, 3.8) is 0 Å². The molecule has 0 aliphatic heterocycles. The van der Waals surface area contributed by atoms with E-state index in [1.807, 2.05) is 0 Å². The predicted octanol–water partition coefficient (Wildman–Crippen LogP) is -0.115. The summed E-state index contributed by atoms with van der Waals surface area (Å²) in [4.78, 5) is 14.7. The first-order chi connectivity index (χ1) is 7.47. The third kappa shape index (κ3) is 2.60. The summed E-state index contributed by atoms with van der Waals surface area (Å²) in [6, 6.07) is 2.77. The van der Waals surface area contributed by atoms with Crippen molar-refractivity contribution in [2.45, 2.75) is 12.2 Å². The Morgan fingerprint density at radius 2 is 2.19 bits per heavy atom. The van der Waals surface area contributed by atoms with Crippen LogP contribution < -0.4 is 5.73 Å². The Kier molecular flexibility index (Phi) is 4.05. The number of nitrogens with two attached hydrogens (primary N) is 1. The number of carbonyl (C=O) groups is 1. The lowest BCUT2D eigenvalue weighted by molar-refractivity contribution is -0.157. The van der Waals surface area contributed by atoms with Gasteiger partial charge in [0, 0.05) is 0 Å². The molecule has 1 aromatic heterocycles. The molecule has 0 aliphatic rings. The smallest absolute Gasteiger partial charge is 0.337 e. The molecule has 0 radical (unpaired) electrons. The third-order valence-corrected chi connectivity index (χ3v) is 2.25. The maximum absolute atomic E-state index is 11.0. The molecule has 0 bridgehead atoms. The largest absolute Gasteiger partial charge is 0.467 e. The van der Waals surface area contributed by atoms with E-state index in [4.69, 9.17) is 17.3 Å². The van der Waals surface area contributed by atoms with Crippen LogP contribution in [0.2, 0.25) is 5.15 Å². The van der Waals surface area contributed by atoms with Gasteiger partial charge in [-0.3, -0.25) is 0 Å². The van der Waals surface area contributed by atoms with E-state index in [1.165, 1.54) is 12.1 Å². The Bertz CT molecular complexity index is 399. The summed E-state index contributed by atoms with van der Waals surface area (Å²) in [5, 5.41) is 18.9. The number of ether oxygens (including phenoxy) is 1. The monoisotopic (exact) mass is 246 g/mol.